The van der Waals surface area contributed by atoms with Gasteiger partial charge in [-0.05, 0) is 43.9 Å². The Kier molecular flexibility index (Phi) is 6.38. The number of aryl methyl sites for hydroxylation is 1. The van der Waals surface area contributed by atoms with Crippen molar-refractivity contribution in [3.63, 3.8) is 0 Å². The van der Waals surface area contributed by atoms with Crippen LogP contribution in [0.15, 0.2) is 78.9 Å². The van der Waals surface area contributed by atoms with Gasteiger partial charge in [-0.3, -0.25) is 0 Å². The number of aromatic nitrogens is 1. The summed E-state index contributed by atoms with van der Waals surface area (Å²) in [4.78, 5) is 2.55. The first kappa shape index (κ1) is 21.9. The normalized spacial score (nSPS) is 17.5. The van der Waals surface area contributed by atoms with Crippen LogP contribution >= 0.6 is 12.4 Å². The molecule has 1 aliphatic heterocycles. The summed E-state index contributed by atoms with van der Waals surface area (Å²) in [6.45, 7) is 5.23. The van der Waals surface area contributed by atoms with Crippen LogP contribution in [0.2, 0.25) is 0 Å². The van der Waals surface area contributed by atoms with Crippen molar-refractivity contribution >= 4 is 34.2 Å². The number of para-hydroxylation sites is 2. The fourth-order valence-corrected chi connectivity index (χ4v) is 5.11. The Labute approximate surface area is 190 Å². The number of halogens is 1. The van der Waals surface area contributed by atoms with Crippen LogP contribution in [0, 0.1) is 0 Å². The lowest BCUT2D eigenvalue weighted by molar-refractivity contribution is -0.0349. The smallest absolute Gasteiger partial charge is 0.0920 e. The summed E-state index contributed by atoms with van der Waals surface area (Å²) in [5, 5.41) is 13.8. The number of nitrogens with zero attached hydrogens (tertiary/aromatic N) is 2. The molecule has 1 atom stereocenters. The lowest BCUT2D eigenvalue weighted by Gasteiger charge is -2.41. The summed E-state index contributed by atoms with van der Waals surface area (Å²) in [7, 11) is 0. The van der Waals surface area contributed by atoms with E-state index in [4.69, 9.17) is 0 Å². The molecule has 0 bridgehead atoms. The summed E-state index contributed by atoms with van der Waals surface area (Å²) in [5.41, 5.74) is 3.03. The molecule has 5 rings (SSSR count). The molecule has 0 spiro atoms. The van der Waals surface area contributed by atoms with Gasteiger partial charge in [-0.25, -0.2) is 0 Å². The summed E-state index contributed by atoms with van der Waals surface area (Å²) in [6, 6.07) is 28.1. The van der Waals surface area contributed by atoms with Crippen LogP contribution < -0.4 is 0 Å². The molecule has 31 heavy (non-hydrogen) atoms. The minimum Gasteiger partial charge on any atom is -0.385 e. The first-order chi connectivity index (χ1) is 14.7. The van der Waals surface area contributed by atoms with E-state index < -0.39 is 5.60 Å². The Bertz CT molecular complexity index is 1090. The van der Waals surface area contributed by atoms with E-state index in [0.717, 1.165) is 44.5 Å². The highest BCUT2D eigenvalue weighted by atomic mass is 35.5. The molecular formula is C27H31ClN2O. The number of fused-ring (bicyclic) bond motifs is 3. The molecule has 4 aromatic rings. The van der Waals surface area contributed by atoms with E-state index in [0.29, 0.717) is 6.04 Å². The summed E-state index contributed by atoms with van der Waals surface area (Å²) in [5.74, 6) is 0. The fraction of sp³-hybridized carbons (Fsp3) is 0.333. The lowest BCUT2D eigenvalue weighted by atomic mass is 9.84. The molecule has 1 aromatic heterocycles. The molecule has 1 unspecified atom stereocenters. The van der Waals surface area contributed by atoms with E-state index >= 15 is 0 Å². The maximum atomic E-state index is 11.1. The van der Waals surface area contributed by atoms with Gasteiger partial charge in [-0.2, -0.15) is 0 Å². The third kappa shape index (κ3) is 4.10. The Morgan fingerprint density at radius 2 is 1.32 bits per heavy atom. The van der Waals surface area contributed by atoms with Crippen molar-refractivity contribution in [2.45, 2.75) is 44.4 Å². The van der Waals surface area contributed by atoms with Crippen LogP contribution in [0.3, 0.4) is 0 Å². The minimum absolute atomic E-state index is 0. The molecule has 1 N–H and O–H groups in total. The number of hydrogen-bond donors (Lipinski definition) is 1. The average Bonchev–Trinajstić information content (AvgIpc) is 3.12. The zero-order chi connectivity index (χ0) is 20.6. The van der Waals surface area contributed by atoms with E-state index in [9.17, 15) is 5.11 Å². The maximum absolute atomic E-state index is 11.1. The van der Waals surface area contributed by atoms with Gasteiger partial charge in [0.15, 0.2) is 0 Å². The fourth-order valence-electron chi connectivity index (χ4n) is 5.11. The van der Waals surface area contributed by atoms with Crippen molar-refractivity contribution in [3.05, 3.63) is 84.4 Å². The Morgan fingerprint density at radius 1 is 0.806 bits per heavy atom. The van der Waals surface area contributed by atoms with Gasteiger partial charge in [0.05, 0.1) is 5.60 Å². The van der Waals surface area contributed by atoms with Crippen LogP contribution in [0.1, 0.15) is 31.7 Å². The predicted molar refractivity (Wildman–Crippen MR) is 132 cm³/mol. The van der Waals surface area contributed by atoms with Crippen molar-refractivity contribution in [2.75, 3.05) is 13.1 Å². The van der Waals surface area contributed by atoms with Crippen LogP contribution in [0.4, 0.5) is 0 Å². The Hall–Kier alpha value is -2.33. The summed E-state index contributed by atoms with van der Waals surface area (Å²) < 4.78 is 2.48. The van der Waals surface area contributed by atoms with E-state index in [2.05, 4.69) is 77.1 Å². The molecule has 0 aliphatic carbocycles. The van der Waals surface area contributed by atoms with Gasteiger partial charge < -0.3 is 14.6 Å². The largest absolute Gasteiger partial charge is 0.385 e. The molecule has 0 radical (unpaired) electrons. The number of piperidine rings is 1. The van der Waals surface area contributed by atoms with Gasteiger partial charge in [-0.15, -0.1) is 12.4 Å². The van der Waals surface area contributed by atoms with Gasteiger partial charge in [-0.1, -0.05) is 66.7 Å². The molecule has 2 heterocycles. The minimum atomic E-state index is -0.676. The van der Waals surface area contributed by atoms with E-state index in [1.165, 1.54) is 21.8 Å². The molecule has 1 saturated heterocycles. The number of likely N-dealkylation sites (tertiary alicyclic amines) is 1. The molecule has 1 aliphatic rings. The Balaban J connectivity index is 0.00000231. The van der Waals surface area contributed by atoms with Crippen LogP contribution in [-0.2, 0) is 12.1 Å². The highest BCUT2D eigenvalue weighted by Gasteiger charge is 2.34. The van der Waals surface area contributed by atoms with Gasteiger partial charge in [0.1, 0.15) is 0 Å². The molecule has 162 valence electrons. The molecular weight excluding hydrogens is 404 g/mol. The summed E-state index contributed by atoms with van der Waals surface area (Å²) >= 11 is 0. The van der Waals surface area contributed by atoms with Gasteiger partial charge in [0.2, 0.25) is 0 Å². The van der Waals surface area contributed by atoms with Crippen molar-refractivity contribution in [2.24, 2.45) is 0 Å². The number of benzene rings is 3. The average molecular weight is 435 g/mol. The van der Waals surface area contributed by atoms with Crippen LogP contribution in [-0.4, -0.2) is 33.7 Å². The van der Waals surface area contributed by atoms with E-state index in [-0.39, 0.29) is 12.4 Å². The van der Waals surface area contributed by atoms with Crippen molar-refractivity contribution in [1.82, 2.24) is 9.47 Å². The van der Waals surface area contributed by atoms with Crippen molar-refractivity contribution in [3.8, 4) is 0 Å². The monoisotopic (exact) mass is 434 g/mol. The molecule has 0 amide bonds. The highest BCUT2D eigenvalue weighted by Crippen LogP contribution is 2.34. The first-order valence-corrected chi connectivity index (χ1v) is 11.1. The SMILES string of the molecule is CC(CCn1c2ccccc2c2ccccc21)N1CCC(O)(c2ccccc2)CC1.Cl. The summed E-state index contributed by atoms with van der Waals surface area (Å²) in [6.07, 6.45) is 2.71. The van der Waals surface area contributed by atoms with Crippen molar-refractivity contribution in [1.29, 1.82) is 0 Å². The molecule has 3 nitrogen and oxygen atoms in total. The Morgan fingerprint density at radius 3 is 1.90 bits per heavy atom. The van der Waals surface area contributed by atoms with Gasteiger partial charge in [0, 0.05) is 47.5 Å². The maximum Gasteiger partial charge on any atom is 0.0920 e. The number of hydrogen-bond acceptors (Lipinski definition) is 2. The second-order valence-corrected chi connectivity index (χ2v) is 8.76. The molecule has 1 fully saturated rings. The third-order valence-electron chi connectivity index (χ3n) is 7.01. The third-order valence-corrected chi connectivity index (χ3v) is 7.01. The van der Waals surface area contributed by atoms with Crippen LogP contribution in [0.5, 0.6) is 0 Å². The second kappa shape index (κ2) is 9.04. The zero-order valence-electron chi connectivity index (χ0n) is 18.1. The first-order valence-electron chi connectivity index (χ1n) is 11.1. The van der Waals surface area contributed by atoms with Crippen molar-refractivity contribution < 1.29 is 5.11 Å². The molecule has 0 saturated carbocycles. The van der Waals surface area contributed by atoms with Gasteiger partial charge in [0.25, 0.3) is 0 Å². The topological polar surface area (TPSA) is 28.4 Å². The van der Waals surface area contributed by atoms with E-state index in [1.807, 2.05) is 18.2 Å². The van der Waals surface area contributed by atoms with Crippen LogP contribution in [0.25, 0.3) is 21.8 Å². The second-order valence-electron chi connectivity index (χ2n) is 8.76. The standard InChI is InChI=1S/C27H30N2O.ClH/c1-21(28-19-16-27(30,17-20-28)22-9-3-2-4-10-22)15-18-29-25-13-7-5-11-23(25)24-12-6-8-14-26(24)29;/h2-14,21,30H,15-20H2,1H3;1H. The molecule has 4 heteroatoms. The lowest BCUT2D eigenvalue weighted by Crippen LogP contribution is -2.46. The van der Waals surface area contributed by atoms with E-state index in [1.54, 1.807) is 0 Å². The molecule has 3 aromatic carbocycles. The number of aliphatic hydroxyl groups is 1. The quantitative estimate of drug-likeness (QED) is 0.418. The highest BCUT2D eigenvalue weighted by molar-refractivity contribution is 6.07. The zero-order valence-corrected chi connectivity index (χ0v) is 18.9. The van der Waals surface area contributed by atoms with Gasteiger partial charge >= 0.3 is 0 Å². The number of rotatable bonds is 5. The predicted octanol–water partition coefficient (Wildman–Crippen LogP) is 5.98.